The Balaban J connectivity index is 1.79. The van der Waals surface area contributed by atoms with Crippen molar-refractivity contribution in [2.24, 2.45) is 11.8 Å². The van der Waals surface area contributed by atoms with E-state index >= 15 is 0 Å². The van der Waals surface area contributed by atoms with Crippen LogP contribution >= 0.6 is 11.8 Å². The van der Waals surface area contributed by atoms with Crippen LogP contribution in [0.4, 0.5) is 5.69 Å². The number of para-hydroxylation sites is 1. The maximum absolute atomic E-state index is 13.9. The lowest BCUT2D eigenvalue weighted by molar-refractivity contribution is -0.155. The average Bonchev–Trinajstić information content (AvgIpc) is 3.33. The van der Waals surface area contributed by atoms with Gasteiger partial charge in [0.1, 0.15) is 6.04 Å². The summed E-state index contributed by atoms with van der Waals surface area (Å²) in [7, 11) is 0. The van der Waals surface area contributed by atoms with Gasteiger partial charge >= 0.3 is 5.97 Å². The second-order valence-electron chi connectivity index (χ2n) is 9.73. The molecule has 8 heteroatoms. The number of carbonyl (C=O) groups is 3. The van der Waals surface area contributed by atoms with Gasteiger partial charge in [0.05, 0.1) is 35.8 Å². The zero-order valence-corrected chi connectivity index (χ0v) is 20.8. The normalized spacial score (nSPS) is 33.2. The third-order valence-corrected chi connectivity index (χ3v) is 9.79. The van der Waals surface area contributed by atoms with Gasteiger partial charge in [0.25, 0.3) is 0 Å². The van der Waals surface area contributed by atoms with Crippen molar-refractivity contribution in [1.82, 2.24) is 4.90 Å². The number of esters is 1. The Hall–Kier alpha value is -2.06. The molecule has 3 aliphatic rings. The van der Waals surface area contributed by atoms with E-state index in [0.717, 1.165) is 23.2 Å². The minimum atomic E-state index is -0.766. The molecule has 2 bridgehead atoms. The summed E-state index contributed by atoms with van der Waals surface area (Å²) in [5.74, 6) is -2.06. The molecule has 2 amide bonds. The highest BCUT2D eigenvalue weighted by atomic mass is 32.2. The van der Waals surface area contributed by atoms with Gasteiger partial charge in [-0.1, -0.05) is 25.1 Å². The highest BCUT2D eigenvalue weighted by molar-refractivity contribution is 8.02. The molecular formula is C25H34N2O5S. The molecule has 3 aliphatic heterocycles. The molecule has 33 heavy (non-hydrogen) atoms. The number of nitrogens with zero attached hydrogens (tertiary/aromatic N) is 1. The van der Waals surface area contributed by atoms with E-state index in [2.05, 4.69) is 5.32 Å². The average molecular weight is 475 g/mol. The minimum absolute atomic E-state index is 0.216. The molecule has 0 saturated carbocycles. The molecule has 2 N–H and O–H groups in total. The Morgan fingerprint density at radius 3 is 2.52 bits per heavy atom. The molecular weight excluding hydrogens is 440 g/mol. The van der Waals surface area contributed by atoms with Crippen molar-refractivity contribution in [3.8, 4) is 0 Å². The third-order valence-electron chi connectivity index (χ3n) is 7.81. The molecule has 1 aromatic carbocycles. The largest absolute Gasteiger partial charge is 0.466 e. The Bertz CT molecular complexity index is 959. The summed E-state index contributed by atoms with van der Waals surface area (Å²) in [6, 6.07) is 4.58. The number of likely N-dealkylation sites (tertiary alicyclic amines) is 1. The van der Waals surface area contributed by atoms with Crippen LogP contribution in [0.15, 0.2) is 18.2 Å². The monoisotopic (exact) mass is 474 g/mol. The molecule has 3 fully saturated rings. The summed E-state index contributed by atoms with van der Waals surface area (Å²) >= 11 is 1.61. The van der Waals surface area contributed by atoms with Gasteiger partial charge in [0.2, 0.25) is 11.8 Å². The van der Waals surface area contributed by atoms with Crippen LogP contribution < -0.4 is 5.32 Å². The molecule has 3 heterocycles. The first kappa shape index (κ1) is 24.1. The van der Waals surface area contributed by atoms with E-state index in [9.17, 15) is 19.5 Å². The maximum Gasteiger partial charge on any atom is 0.311 e. The van der Waals surface area contributed by atoms with Gasteiger partial charge in [0.15, 0.2) is 0 Å². The molecule has 180 valence electrons. The van der Waals surface area contributed by atoms with E-state index in [0.29, 0.717) is 12.8 Å². The van der Waals surface area contributed by atoms with Crippen molar-refractivity contribution in [2.75, 3.05) is 18.5 Å². The van der Waals surface area contributed by atoms with Crippen LogP contribution in [-0.2, 0) is 19.1 Å². The number of benzene rings is 1. The standard InChI is InChI=1S/C25H34N2O5S/c1-6-16(13-28)27-20(21(29)26-19-14(3)9-8-10-15(19)4)25-12-11-24(5,33-25)18(17(25)22(27)30)23(31)32-7-2/h8-10,16-18,20,28H,6-7,11-13H2,1-5H3,(H,26,29)/t16-,17-,18+,20?,24-,25?/m0/s1. The fraction of sp³-hybridized carbons (Fsp3) is 0.640. The van der Waals surface area contributed by atoms with E-state index in [1.165, 1.54) is 0 Å². The number of fused-ring (bicyclic) bond motifs is 1. The van der Waals surface area contributed by atoms with Gasteiger partial charge < -0.3 is 20.1 Å². The molecule has 3 saturated heterocycles. The third kappa shape index (κ3) is 3.48. The number of aliphatic hydroxyl groups excluding tert-OH is 1. The topological polar surface area (TPSA) is 95.9 Å². The first-order valence-corrected chi connectivity index (χ1v) is 12.6. The second-order valence-corrected chi connectivity index (χ2v) is 11.6. The van der Waals surface area contributed by atoms with Gasteiger partial charge in [-0.2, -0.15) is 0 Å². The van der Waals surface area contributed by atoms with Gasteiger partial charge in [0, 0.05) is 10.4 Å². The number of hydrogen-bond donors (Lipinski definition) is 2. The minimum Gasteiger partial charge on any atom is -0.466 e. The predicted molar refractivity (Wildman–Crippen MR) is 128 cm³/mol. The van der Waals surface area contributed by atoms with E-state index in [1.807, 2.05) is 45.9 Å². The summed E-state index contributed by atoms with van der Waals surface area (Å²) < 4.78 is 4.23. The molecule has 0 radical (unpaired) electrons. The van der Waals surface area contributed by atoms with E-state index in [4.69, 9.17) is 4.74 Å². The first-order valence-electron chi connectivity index (χ1n) is 11.8. The van der Waals surface area contributed by atoms with Gasteiger partial charge in [-0.25, -0.2) is 0 Å². The number of anilines is 1. The summed E-state index contributed by atoms with van der Waals surface area (Å²) in [6.07, 6.45) is 1.93. The molecule has 1 aromatic rings. The van der Waals surface area contributed by atoms with Gasteiger partial charge in [-0.15, -0.1) is 11.8 Å². The second kappa shape index (κ2) is 8.62. The molecule has 6 atom stereocenters. The van der Waals surface area contributed by atoms with Crippen molar-refractivity contribution in [1.29, 1.82) is 0 Å². The van der Waals surface area contributed by atoms with Crippen molar-refractivity contribution >= 4 is 35.2 Å². The predicted octanol–water partition coefficient (Wildman–Crippen LogP) is 3.06. The number of carbonyl (C=O) groups excluding carboxylic acids is 3. The number of aliphatic hydroxyl groups is 1. The molecule has 2 unspecified atom stereocenters. The first-order chi connectivity index (χ1) is 15.6. The summed E-state index contributed by atoms with van der Waals surface area (Å²) in [6.45, 7) is 9.58. The van der Waals surface area contributed by atoms with E-state index in [1.54, 1.807) is 23.6 Å². The van der Waals surface area contributed by atoms with Crippen molar-refractivity contribution in [2.45, 2.75) is 75.5 Å². The van der Waals surface area contributed by atoms with Crippen LogP contribution in [0.2, 0.25) is 0 Å². The van der Waals surface area contributed by atoms with Crippen molar-refractivity contribution in [3.63, 3.8) is 0 Å². The zero-order valence-electron chi connectivity index (χ0n) is 20.0. The van der Waals surface area contributed by atoms with E-state index in [-0.39, 0.29) is 31.0 Å². The number of hydrogen-bond acceptors (Lipinski definition) is 6. The van der Waals surface area contributed by atoms with Crippen LogP contribution in [0.3, 0.4) is 0 Å². The number of rotatable bonds is 7. The fourth-order valence-electron chi connectivity index (χ4n) is 6.26. The molecule has 0 aromatic heterocycles. The SMILES string of the molecule is CCOC(=O)[C@H]1[C@H]2C(=O)N([C@@H](CC)CO)C(C(=O)Nc3c(C)cccc3C)C23CC[C@]1(C)S3. The highest BCUT2D eigenvalue weighted by Gasteiger charge is 2.77. The number of nitrogens with one attached hydrogen (secondary N) is 1. The molecule has 1 spiro atoms. The maximum atomic E-state index is 13.9. The number of aryl methyl sites for hydroxylation is 2. The summed E-state index contributed by atoms with van der Waals surface area (Å²) in [5.41, 5.74) is 2.64. The molecule has 0 aliphatic carbocycles. The lowest BCUT2D eigenvalue weighted by Crippen LogP contribution is -2.54. The number of thioether (sulfide) groups is 1. The fourth-order valence-corrected chi connectivity index (χ4v) is 8.60. The molecule has 7 nitrogen and oxygen atoms in total. The van der Waals surface area contributed by atoms with Crippen LogP contribution in [0.5, 0.6) is 0 Å². The lowest BCUT2D eigenvalue weighted by Gasteiger charge is -2.37. The van der Waals surface area contributed by atoms with Gasteiger partial charge in [-0.05, 0) is 58.1 Å². The van der Waals surface area contributed by atoms with Crippen molar-refractivity contribution < 1.29 is 24.2 Å². The Kier molecular flexibility index (Phi) is 6.29. The highest BCUT2D eigenvalue weighted by Crippen LogP contribution is 2.71. The van der Waals surface area contributed by atoms with E-state index < -0.39 is 33.4 Å². The van der Waals surface area contributed by atoms with Crippen LogP contribution in [0.25, 0.3) is 0 Å². The van der Waals surface area contributed by atoms with Crippen LogP contribution in [-0.4, -0.2) is 62.6 Å². The molecule has 4 rings (SSSR count). The summed E-state index contributed by atoms with van der Waals surface area (Å²) in [4.78, 5) is 42.5. The quantitative estimate of drug-likeness (QED) is 0.590. The van der Waals surface area contributed by atoms with Crippen LogP contribution in [0.1, 0.15) is 51.2 Å². The number of ether oxygens (including phenoxy) is 1. The smallest absolute Gasteiger partial charge is 0.311 e. The Labute approximate surface area is 199 Å². The Morgan fingerprint density at radius 2 is 1.94 bits per heavy atom. The summed E-state index contributed by atoms with van der Waals surface area (Å²) in [5, 5.41) is 13.2. The Morgan fingerprint density at radius 1 is 1.27 bits per heavy atom. The van der Waals surface area contributed by atoms with Crippen molar-refractivity contribution in [3.05, 3.63) is 29.3 Å². The number of amides is 2. The zero-order chi connectivity index (χ0) is 24.1. The lowest BCUT2D eigenvalue weighted by atomic mass is 9.66. The van der Waals surface area contributed by atoms with Gasteiger partial charge in [-0.3, -0.25) is 14.4 Å². The van der Waals surface area contributed by atoms with Crippen LogP contribution in [0, 0.1) is 25.7 Å².